The van der Waals surface area contributed by atoms with E-state index in [0.29, 0.717) is 17.7 Å². The Morgan fingerprint density at radius 3 is 2.56 bits per heavy atom. The third-order valence-corrected chi connectivity index (χ3v) is 5.25. The first-order valence-electron chi connectivity index (χ1n) is 8.69. The van der Waals surface area contributed by atoms with Crippen molar-refractivity contribution in [2.75, 3.05) is 35.7 Å². The van der Waals surface area contributed by atoms with Crippen molar-refractivity contribution in [3.63, 3.8) is 0 Å². The standard InChI is InChI=1S/C17H23N7O/c1-18-16-17(22-5-4-21-16)24-9-11-6-13(14(25)7-12(11)10-24)23-15-8-19-2-3-20-15/h2-5,8,11-14,25H,6-7,9-10H2,1H3,(H,18,21)(H,20,23)/t11-,12+,13-,14-/m1/s1. The fourth-order valence-corrected chi connectivity index (χ4v) is 4.06. The molecule has 1 saturated carbocycles. The fourth-order valence-electron chi connectivity index (χ4n) is 4.06. The molecular formula is C17H23N7O. The minimum atomic E-state index is -0.381. The summed E-state index contributed by atoms with van der Waals surface area (Å²) in [6, 6.07) is 0.00327. The number of hydrogen-bond acceptors (Lipinski definition) is 8. The number of fused-ring (bicyclic) bond motifs is 1. The van der Waals surface area contributed by atoms with Crippen molar-refractivity contribution in [1.29, 1.82) is 0 Å². The fraction of sp³-hybridized carbons (Fsp3) is 0.529. The number of anilines is 3. The maximum Gasteiger partial charge on any atom is 0.171 e. The third-order valence-electron chi connectivity index (χ3n) is 5.25. The van der Waals surface area contributed by atoms with Gasteiger partial charge in [-0.1, -0.05) is 0 Å². The summed E-state index contributed by atoms with van der Waals surface area (Å²) in [5.41, 5.74) is 0. The Kier molecular flexibility index (Phi) is 4.35. The van der Waals surface area contributed by atoms with Gasteiger partial charge in [-0.05, 0) is 24.7 Å². The lowest BCUT2D eigenvalue weighted by molar-refractivity contribution is 0.0737. The van der Waals surface area contributed by atoms with E-state index < -0.39 is 0 Å². The van der Waals surface area contributed by atoms with Gasteiger partial charge >= 0.3 is 0 Å². The van der Waals surface area contributed by atoms with Crippen LogP contribution in [0.4, 0.5) is 17.5 Å². The molecule has 4 atom stereocenters. The van der Waals surface area contributed by atoms with E-state index in [1.807, 2.05) is 7.05 Å². The topological polar surface area (TPSA) is 99.1 Å². The molecule has 4 rings (SSSR count). The summed E-state index contributed by atoms with van der Waals surface area (Å²) < 4.78 is 0. The van der Waals surface area contributed by atoms with E-state index in [1.54, 1.807) is 31.0 Å². The second-order valence-corrected chi connectivity index (χ2v) is 6.78. The quantitative estimate of drug-likeness (QED) is 0.757. The highest BCUT2D eigenvalue weighted by molar-refractivity contribution is 5.60. The van der Waals surface area contributed by atoms with Crippen molar-refractivity contribution in [1.82, 2.24) is 19.9 Å². The molecule has 0 radical (unpaired) electrons. The molecule has 2 aliphatic rings. The van der Waals surface area contributed by atoms with Gasteiger partial charge in [0.25, 0.3) is 0 Å². The minimum Gasteiger partial charge on any atom is -0.391 e. The van der Waals surface area contributed by atoms with Crippen LogP contribution >= 0.6 is 0 Å². The van der Waals surface area contributed by atoms with Gasteiger partial charge in [-0.15, -0.1) is 0 Å². The number of aromatic nitrogens is 4. The van der Waals surface area contributed by atoms with Crippen molar-refractivity contribution in [3.05, 3.63) is 31.0 Å². The molecule has 0 spiro atoms. The van der Waals surface area contributed by atoms with Gasteiger partial charge in [0.1, 0.15) is 5.82 Å². The lowest BCUT2D eigenvalue weighted by Crippen LogP contribution is -2.43. The molecule has 2 aromatic rings. The maximum absolute atomic E-state index is 10.6. The summed E-state index contributed by atoms with van der Waals surface area (Å²) in [5, 5.41) is 17.0. The summed E-state index contributed by atoms with van der Waals surface area (Å²) in [5.74, 6) is 3.40. The largest absolute Gasteiger partial charge is 0.391 e. The molecule has 0 aromatic carbocycles. The molecule has 0 bridgehead atoms. The second kappa shape index (κ2) is 6.79. The number of aliphatic hydroxyl groups is 1. The number of aliphatic hydroxyl groups excluding tert-OH is 1. The minimum absolute atomic E-state index is 0.00327. The molecule has 1 saturated heterocycles. The summed E-state index contributed by atoms with van der Waals surface area (Å²) in [7, 11) is 1.86. The molecule has 3 N–H and O–H groups in total. The van der Waals surface area contributed by atoms with Crippen LogP contribution in [0.2, 0.25) is 0 Å². The van der Waals surface area contributed by atoms with Gasteiger partial charge < -0.3 is 20.6 Å². The molecule has 2 aromatic heterocycles. The first-order chi connectivity index (χ1) is 12.2. The van der Waals surface area contributed by atoms with Gasteiger partial charge in [-0.2, -0.15) is 0 Å². The van der Waals surface area contributed by atoms with Crippen molar-refractivity contribution in [2.24, 2.45) is 11.8 Å². The van der Waals surface area contributed by atoms with Gasteiger partial charge in [0.15, 0.2) is 11.6 Å². The lowest BCUT2D eigenvalue weighted by Gasteiger charge is -2.35. The van der Waals surface area contributed by atoms with Crippen molar-refractivity contribution in [2.45, 2.75) is 25.0 Å². The van der Waals surface area contributed by atoms with E-state index in [1.165, 1.54) is 0 Å². The number of rotatable bonds is 4. The molecular weight excluding hydrogens is 318 g/mol. The van der Waals surface area contributed by atoms with E-state index in [2.05, 4.69) is 35.5 Å². The van der Waals surface area contributed by atoms with Crippen LogP contribution in [0.25, 0.3) is 0 Å². The maximum atomic E-state index is 10.6. The van der Waals surface area contributed by atoms with Gasteiger partial charge in [0.2, 0.25) is 0 Å². The highest BCUT2D eigenvalue weighted by atomic mass is 16.3. The average molecular weight is 341 g/mol. The van der Waals surface area contributed by atoms with Crippen molar-refractivity contribution >= 4 is 17.5 Å². The van der Waals surface area contributed by atoms with Crippen LogP contribution < -0.4 is 15.5 Å². The molecule has 1 aliphatic carbocycles. The Bertz CT molecular complexity index is 713. The van der Waals surface area contributed by atoms with Crippen molar-refractivity contribution in [3.8, 4) is 0 Å². The highest BCUT2D eigenvalue weighted by Crippen LogP contribution is 2.39. The molecule has 1 aliphatic heterocycles. The number of nitrogens with zero attached hydrogens (tertiary/aromatic N) is 5. The van der Waals surface area contributed by atoms with Gasteiger partial charge in [0, 0.05) is 44.9 Å². The number of hydrogen-bond donors (Lipinski definition) is 3. The summed E-state index contributed by atoms with van der Waals surface area (Å²) >= 11 is 0. The van der Waals surface area contributed by atoms with E-state index in [-0.39, 0.29) is 12.1 Å². The van der Waals surface area contributed by atoms with Crippen LogP contribution in [0, 0.1) is 11.8 Å². The van der Waals surface area contributed by atoms with Crippen molar-refractivity contribution < 1.29 is 5.11 Å². The Morgan fingerprint density at radius 1 is 1.04 bits per heavy atom. The Morgan fingerprint density at radius 2 is 1.80 bits per heavy atom. The van der Waals surface area contributed by atoms with Crippen LogP contribution in [0.5, 0.6) is 0 Å². The normalized spacial score (nSPS) is 28.5. The summed E-state index contributed by atoms with van der Waals surface area (Å²) in [6.45, 7) is 1.84. The van der Waals surface area contributed by atoms with E-state index in [4.69, 9.17) is 0 Å². The van der Waals surface area contributed by atoms with Gasteiger partial charge in [-0.25, -0.2) is 15.0 Å². The number of nitrogens with one attached hydrogen (secondary N) is 2. The smallest absolute Gasteiger partial charge is 0.171 e. The zero-order chi connectivity index (χ0) is 17.2. The van der Waals surface area contributed by atoms with E-state index in [9.17, 15) is 5.11 Å². The molecule has 25 heavy (non-hydrogen) atoms. The van der Waals surface area contributed by atoms with E-state index in [0.717, 1.165) is 37.6 Å². The van der Waals surface area contributed by atoms with Crippen LogP contribution in [0.1, 0.15) is 12.8 Å². The zero-order valence-corrected chi connectivity index (χ0v) is 14.2. The monoisotopic (exact) mass is 341 g/mol. The molecule has 0 amide bonds. The van der Waals surface area contributed by atoms with Crippen LogP contribution in [-0.2, 0) is 0 Å². The summed E-state index contributed by atoms with van der Waals surface area (Å²) in [4.78, 5) is 19.5. The molecule has 3 heterocycles. The highest BCUT2D eigenvalue weighted by Gasteiger charge is 2.42. The SMILES string of the molecule is CNc1nccnc1N1C[C@H]2C[C@@H](Nc3cnccn3)[C@H](O)C[C@H]2C1. The Balaban J connectivity index is 1.46. The molecule has 8 nitrogen and oxygen atoms in total. The van der Waals surface area contributed by atoms with Gasteiger partial charge in [-0.3, -0.25) is 4.98 Å². The predicted molar refractivity (Wildman–Crippen MR) is 95.5 cm³/mol. The third kappa shape index (κ3) is 3.21. The predicted octanol–water partition coefficient (Wildman–Crippen LogP) is 0.996. The molecule has 132 valence electrons. The van der Waals surface area contributed by atoms with Crippen LogP contribution in [0.15, 0.2) is 31.0 Å². The zero-order valence-electron chi connectivity index (χ0n) is 14.2. The van der Waals surface area contributed by atoms with Crippen LogP contribution in [-0.4, -0.2) is 57.3 Å². The van der Waals surface area contributed by atoms with E-state index >= 15 is 0 Å². The molecule has 0 unspecified atom stereocenters. The summed E-state index contributed by atoms with van der Waals surface area (Å²) in [6.07, 6.45) is 9.74. The van der Waals surface area contributed by atoms with Crippen LogP contribution in [0.3, 0.4) is 0 Å². The first-order valence-corrected chi connectivity index (χ1v) is 8.69. The Hall–Kier alpha value is -2.48. The first kappa shape index (κ1) is 16.0. The molecule has 2 fully saturated rings. The Labute approximate surface area is 146 Å². The van der Waals surface area contributed by atoms with Gasteiger partial charge in [0.05, 0.1) is 18.3 Å². The average Bonchev–Trinajstić information content (AvgIpc) is 3.05. The second-order valence-electron chi connectivity index (χ2n) is 6.78. The lowest BCUT2D eigenvalue weighted by atomic mass is 9.77. The molecule has 8 heteroatoms.